The molecule has 2 saturated heterocycles. The summed E-state index contributed by atoms with van der Waals surface area (Å²) in [5.74, 6) is -0.246. The van der Waals surface area contributed by atoms with E-state index in [2.05, 4.69) is 32.3 Å². The number of alkyl halides is 2. The zero-order valence-electron chi connectivity index (χ0n) is 20.6. The first kappa shape index (κ1) is 25.6. The van der Waals surface area contributed by atoms with Crippen molar-refractivity contribution < 1.29 is 23.1 Å². The van der Waals surface area contributed by atoms with Crippen LogP contribution in [0.15, 0.2) is 42.9 Å². The summed E-state index contributed by atoms with van der Waals surface area (Å²) in [6, 6.07) is 5.79. The van der Waals surface area contributed by atoms with Gasteiger partial charge in [0.25, 0.3) is 11.8 Å². The molecule has 0 spiro atoms. The van der Waals surface area contributed by atoms with Gasteiger partial charge in [-0.2, -0.15) is 13.9 Å². The molecule has 2 unspecified atom stereocenters. The van der Waals surface area contributed by atoms with E-state index in [1.807, 2.05) is 0 Å². The molecule has 10 nitrogen and oxygen atoms in total. The number of anilines is 1. The van der Waals surface area contributed by atoms with E-state index in [0.717, 1.165) is 24.4 Å². The van der Waals surface area contributed by atoms with Crippen molar-refractivity contribution in [2.24, 2.45) is 11.8 Å². The molecular formula is C25H22ClF2N7O3S. The molecule has 4 aromatic rings. The fourth-order valence-corrected chi connectivity index (χ4v) is 6.37. The minimum absolute atomic E-state index is 0.0957. The van der Waals surface area contributed by atoms with Gasteiger partial charge >= 0.3 is 6.61 Å². The van der Waals surface area contributed by atoms with Crippen LogP contribution in [-0.2, 0) is 0 Å². The number of rotatable bonds is 6. The highest BCUT2D eigenvalue weighted by Gasteiger charge is 2.41. The van der Waals surface area contributed by atoms with Gasteiger partial charge < -0.3 is 19.9 Å². The van der Waals surface area contributed by atoms with Crippen LogP contribution in [0, 0.1) is 11.8 Å². The summed E-state index contributed by atoms with van der Waals surface area (Å²) in [4.78, 5) is 39.6. The van der Waals surface area contributed by atoms with Crippen molar-refractivity contribution in [1.29, 1.82) is 0 Å². The number of benzene rings is 1. The Labute approximate surface area is 230 Å². The summed E-state index contributed by atoms with van der Waals surface area (Å²) < 4.78 is 32.6. The van der Waals surface area contributed by atoms with Crippen molar-refractivity contribution in [3.63, 3.8) is 0 Å². The molecule has 6 rings (SSSR count). The van der Waals surface area contributed by atoms with E-state index in [1.54, 1.807) is 17.2 Å². The SMILES string of the molecule is CN1CC2CN(C(=O)c3nc(-c4cc(Cl)ccc4OC(F)F)c(NC(=O)c4cnn5cccnc45)s3)CC2C1. The second kappa shape index (κ2) is 10.1. The maximum atomic E-state index is 13.5. The molecule has 1 aromatic carbocycles. The number of fused-ring (bicyclic) bond motifs is 2. The summed E-state index contributed by atoms with van der Waals surface area (Å²) in [7, 11) is 2.07. The normalized spacial score (nSPS) is 19.2. The van der Waals surface area contributed by atoms with Crippen molar-refractivity contribution in [1.82, 2.24) is 29.4 Å². The van der Waals surface area contributed by atoms with Crippen LogP contribution in [-0.4, -0.2) is 81.0 Å². The van der Waals surface area contributed by atoms with Crippen LogP contribution in [0.1, 0.15) is 20.2 Å². The number of thiazole rings is 1. The third kappa shape index (κ3) is 4.92. The van der Waals surface area contributed by atoms with Crippen LogP contribution in [0.2, 0.25) is 5.02 Å². The van der Waals surface area contributed by atoms with E-state index in [-0.39, 0.29) is 43.5 Å². The van der Waals surface area contributed by atoms with Crippen molar-refractivity contribution in [3.05, 3.63) is 58.4 Å². The van der Waals surface area contributed by atoms with E-state index in [4.69, 9.17) is 16.3 Å². The molecular weight excluding hydrogens is 552 g/mol. The van der Waals surface area contributed by atoms with Gasteiger partial charge in [-0.15, -0.1) is 0 Å². The Morgan fingerprint density at radius 1 is 1.21 bits per heavy atom. The van der Waals surface area contributed by atoms with Crippen LogP contribution >= 0.6 is 22.9 Å². The van der Waals surface area contributed by atoms with Gasteiger partial charge in [0.1, 0.15) is 22.0 Å². The highest BCUT2D eigenvalue weighted by molar-refractivity contribution is 7.18. The predicted molar refractivity (Wildman–Crippen MR) is 141 cm³/mol. The average molecular weight is 574 g/mol. The van der Waals surface area contributed by atoms with E-state index in [0.29, 0.717) is 30.6 Å². The Hall–Kier alpha value is -3.68. The minimum atomic E-state index is -3.10. The number of hydrogen-bond acceptors (Lipinski definition) is 8. The van der Waals surface area contributed by atoms with Crippen LogP contribution in [0.3, 0.4) is 0 Å². The summed E-state index contributed by atoms with van der Waals surface area (Å²) in [6.07, 6.45) is 4.55. The second-order valence-electron chi connectivity index (χ2n) is 9.57. The molecule has 3 aromatic heterocycles. The van der Waals surface area contributed by atoms with Gasteiger partial charge in [-0.25, -0.2) is 14.5 Å². The molecule has 39 heavy (non-hydrogen) atoms. The fraction of sp³-hybridized carbons (Fsp3) is 0.320. The van der Waals surface area contributed by atoms with Crippen LogP contribution < -0.4 is 10.1 Å². The lowest BCUT2D eigenvalue weighted by atomic mass is 10.0. The zero-order valence-corrected chi connectivity index (χ0v) is 22.1. The first-order valence-corrected chi connectivity index (χ1v) is 13.3. The summed E-state index contributed by atoms with van der Waals surface area (Å²) in [5.41, 5.74) is 0.731. The maximum absolute atomic E-state index is 13.5. The van der Waals surface area contributed by atoms with Crippen LogP contribution in [0.5, 0.6) is 5.75 Å². The highest BCUT2D eigenvalue weighted by Crippen LogP contribution is 2.41. The number of ether oxygens (including phenoxy) is 1. The van der Waals surface area contributed by atoms with Gasteiger partial charge in [-0.3, -0.25) is 9.59 Å². The number of amides is 2. The quantitative estimate of drug-likeness (QED) is 0.372. The lowest BCUT2D eigenvalue weighted by molar-refractivity contribution is -0.0494. The van der Waals surface area contributed by atoms with E-state index in [9.17, 15) is 18.4 Å². The molecule has 2 atom stereocenters. The predicted octanol–water partition coefficient (Wildman–Crippen LogP) is 3.99. The monoisotopic (exact) mass is 573 g/mol. The topological polar surface area (TPSA) is 105 Å². The molecule has 5 heterocycles. The summed E-state index contributed by atoms with van der Waals surface area (Å²) in [5, 5.41) is 7.45. The van der Waals surface area contributed by atoms with Crippen molar-refractivity contribution in [2.45, 2.75) is 6.61 Å². The number of nitrogens with one attached hydrogen (secondary N) is 1. The van der Waals surface area contributed by atoms with Gasteiger partial charge in [-0.05, 0) is 43.1 Å². The molecule has 2 aliphatic heterocycles. The highest BCUT2D eigenvalue weighted by atomic mass is 35.5. The number of halogens is 3. The first-order valence-electron chi connectivity index (χ1n) is 12.1. The van der Waals surface area contributed by atoms with Gasteiger partial charge in [-0.1, -0.05) is 22.9 Å². The zero-order chi connectivity index (χ0) is 27.3. The Bertz CT molecular complexity index is 1560. The number of carbonyl (C=O) groups is 2. The number of hydrogen-bond donors (Lipinski definition) is 1. The maximum Gasteiger partial charge on any atom is 0.387 e. The van der Waals surface area contributed by atoms with Crippen LogP contribution in [0.4, 0.5) is 13.8 Å². The molecule has 2 aliphatic rings. The standard InChI is InChI=1S/C25H22ClF2N7O3S/c1-33-9-13-11-34(12-14(13)10-33)24(37)23-31-19(16-7-15(26)3-4-18(16)38-25(27)28)22(39-23)32-21(36)17-8-30-35-6-2-5-29-20(17)35/h2-8,13-14,25H,9-12H2,1H3,(H,32,36). The number of carbonyl (C=O) groups excluding carboxylic acids is 2. The Kier molecular flexibility index (Phi) is 6.65. The summed E-state index contributed by atoms with van der Waals surface area (Å²) in [6.45, 7) is -0.0489. The molecule has 2 amide bonds. The fourth-order valence-electron chi connectivity index (χ4n) is 5.25. The van der Waals surface area contributed by atoms with Crippen molar-refractivity contribution in [3.8, 4) is 17.0 Å². The first-order chi connectivity index (χ1) is 18.8. The Morgan fingerprint density at radius 3 is 2.72 bits per heavy atom. The second-order valence-corrected chi connectivity index (χ2v) is 11.0. The largest absolute Gasteiger partial charge is 0.434 e. The number of aromatic nitrogens is 4. The Balaban J connectivity index is 1.37. The third-order valence-corrected chi connectivity index (χ3v) is 8.12. The van der Waals surface area contributed by atoms with Gasteiger partial charge in [0.15, 0.2) is 10.7 Å². The molecule has 0 radical (unpaired) electrons. The summed E-state index contributed by atoms with van der Waals surface area (Å²) >= 11 is 7.16. The molecule has 202 valence electrons. The molecule has 0 aliphatic carbocycles. The van der Waals surface area contributed by atoms with Crippen LogP contribution in [0.25, 0.3) is 16.9 Å². The molecule has 1 N–H and O–H groups in total. The molecule has 14 heteroatoms. The van der Waals surface area contributed by atoms with E-state index < -0.39 is 12.5 Å². The molecule has 0 saturated carbocycles. The van der Waals surface area contributed by atoms with Gasteiger partial charge in [0.05, 0.1) is 6.20 Å². The van der Waals surface area contributed by atoms with Gasteiger partial charge in [0, 0.05) is 49.2 Å². The third-order valence-electron chi connectivity index (χ3n) is 6.93. The average Bonchev–Trinajstić information content (AvgIpc) is 3.66. The van der Waals surface area contributed by atoms with Crippen molar-refractivity contribution >= 4 is 45.4 Å². The Morgan fingerprint density at radius 2 is 1.97 bits per heavy atom. The van der Waals surface area contributed by atoms with Gasteiger partial charge in [0.2, 0.25) is 0 Å². The molecule has 0 bridgehead atoms. The van der Waals surface area contributed by atoms with E-state index >= 15 is 0 Å². The number of nitrogens with zero attached hydrogens (tertiary/aromatic N) is 6. The lowest BCUT2D eigenvalue weighted by Gasteiger charge is -2.18. The molecule has 2 fully saturated rings. The minimum Gasteiger partial charge on any atom is -0.434 e. The van der Waals surface area contributed by atoms with Crippen molar-refractivity contribution in [2.75, 3.05) is 38.5 Å². The smallest absolute Gasteiger partial charge is 0.387 e. The number of likely N-dealkylation sites (tertiary alicyclic amines) is 2. The lowest BCUT2D eigenvalue weighted by Crippen LogP contribution is -2.32. The van der Waals surface area contributed by atoms with E-state index in [1.165, 1.54) is 35.1 Å².